The zero-order chi connectivity index (χ0) is 13.7. The van der Waals surface area contributed by atoms with Gasteiger partial charge >= 0.3 is 0 Å². The van der Waals surface area contributed by atoms with E-state index in [9.17, 15) is 4.79 Å². The molecular formula is C14H13NO4. The quantitative estimate of drug-likeness (QED) is 0.773. The lowest BCUT2D eigenvalue weighted by atomic mass is 10.3. The van der Waals surface area contributed by atoms with E-state index < -0.39 is 0 Å². The monoisotopic (exact) mass is 259 g/mol. The van der Waals surface area contributed by atoms with Gasteiger partial charge in [-0.25, -0.2) is 0 Å². The first kappa shape index (κ1) is 12.9. The van der Waals surface area contributed by atoms with E-state index in [4.69, 9.17) is 14.2 Å². The van der Waals surface area contributed by atoms with Gasteiger partial charge in [-0.1, -0.05) is 6.07 Å². The van der Waals surface area contributed by atoms with Gasteiger partial charge in [-0.05, 0) is 18.2 Å². The highest BCUT2D eigenvalue weighted by molar-refractivity contribution is 5.74. The Bertz CT molecular complexity index is 561. The Morgan fingerprint density at radius 2 is 1.79 bits per heavy atom. The van der Waals surface area contributed by atoms with E-state index in [0.717, 1.165) is 0 Å². The van der Waals surface area contributed by atoms with Gasteiger partial charge in [0, 0.05) is 11.8 Å². The number of para-hydroxylation sites is 1. The van der Waals surface area contributed by atoms with Crippen molar-refractivity contribution in [3.8, 4) is 23.0 Å². The van der Waals surface area contributed by atoms with Crippen molar-refractivity contribution in [2.24, 2.45) is 0 Å². The smallest absolute Gasteiger partial charge is 0.211 e. The molecule has 0 aliphatic carbocycles. The zero-order valence-electron chi connectivity index (χ0n) is 10.6. The maximum Gasteiger partial charge on any atom is 0.211 e. The summed E-state index contributed by atoms with van der Waals surface area (Å²) in [5.41, 5.74) is 0.436. The van der Waals surface area contributed by atoms with Crippen molar-refractivity contribution >= 4 is 6.29 Å². The van der Waals surface area contributed by atoms with Crippen molar-refractivity contribution in [1.29, 1.82) is 0 Å². The highest BCUT2D eigenvalue weighted by Crippen LogP contribution is 2.39. The van der Waals surface area contributed by atoms with E-state index in [1.165, 1.54) is 12.4 Å². The summed E-state index contributed by atoms with van der Waals surface area (Å²) in [6.07, 6.45) is 3.68. The Labute approximate surface area is 110 Å². The summed E-state index contributed by atoms with van der Waals surface area (Å²) in [6.45, 7) is 0. The van der Waals surface area contributed by atoms with E-state index in [-0.39, 0.29) is 0 Å². The van der Waals surface area contributed by atoms with E-state index in [2.05, 4.69) is 4.98 Å². The minimum absolute atomic E-state index is 0.436. The number of rotatable bonds is 5. The van der Waals surface area contributed by atoms with Crippen molar-refractivity contribution in [1.82, 2.24) is 4.98 Å². The second-order valence-corrected chi connectivity index (χ2v) is 3.67. The Balaban J connectivity index is 2.38. The van der Waals surface area contributed by atoms with Crippen LogP contribution in [0.5, 0.6) is 23.0 Å². The van der Waals surface area contributed by atoms with E-state index in [1.54, 1.807) is 38.5 Å². The lowest BCUT2D eigenvalue weighted by Gasteiger charge is -2.13. The van der Waals surface area contributed by atoms with E-state index >= 15 is 0 Å². The number of nitrogens with zero attached hydrogens (tertiary/aromatic N) is 1. The molecule has 98 valence electrons. The average molecular weight is 259 g/mol. The maximum absolute atomic E-state index is 10.7. The van der Waals surface area contributed by atoms with Crippen LogP contribution in [0.1, 0.15) is 10.4 Å². The second-order valence-electron chi connectivity index (χ2n) is 3.67. The summed E-state index contributed by atoms with van der Waals surface area (Å²) in [4.78, 5) is 14.6. The normalized spacial score (nSPS) is 9.79. The molecule has 1 heterocycles. The molecule has 0 spiro atoms. The molecule has 0 fully saturated rings. The van der Waals surface area contributed by atoms with Crippen molar-refractivity contribution in [3.05, 3.63) is 42.2 Å². The minimum Gasteiger partial charge on any atom is -0.493 e. The third-order valence-electron chi connectivity index (χ3n) is 2.47. The number of hydrogen-bond acceptors (Lipinski definition) is 5. The number of aldehydes is 1. The number of carbonyl (C=O) groups is 1. The van der Waals surface area contributed by atoms with Crippen molar-refractivity contribution in [3.63, 3.8) is 0 Å². The van der Waals surface area contributed by atoms with Crippen LogP contribution in [0, 0.1) is 0 Å². The molecule has 0 saturated carbocycles. The molecule has 0 radical (unpaired) electrons. The highest BCUT2D eigenvalue weighted by atomic mass is 16.5. The topological polar surface area (TPSA) is 57.6 Å². The fourth-order valence-electron chi connectivity index (χ4n) is 1.59. The van der Waals surface area contributed by atoms with Crippen LogP contribution in [0.2, 0.25) is 0 Å². The molecule has 0 saturated heterocycles. The van der Waals surface area contributed by atoms with Gasteiger partial charge in [0.05, 0.1) is 20.4 Å². The summed E-state index contributed by atoms with van der Waals surface area (Å²) in [5, 5.41) is 0. The largest absolute Gasteiger partial charge is 0.493 e. The number of carbonyl (C=O) groups excluding carboxylic acids is 1. The molecule has 2 aromatic rings. The summed E-state index contributed by atoms with van der Waals surface area (Å²) in [6, 6.07) is 6.90. The molecule has 0 amide bonds. The third kappa shape index (κ3) is 2.82. The van der Waals surface area contributed by atoms with Gasteiger partial charge in [-0.2, -0.15) is 0 Å². The third-order valence-corrected chi connectivity index (χ3v) is 2.47. The van der Waals surface area contributed by atoms with Gasteiger partial charge in [-0.15, -0.1) is 0 Å². The number of pyridine rings is 1. The van der Waals surface area contributed by atoms with Crippen molar-refractivity contribution in [2.75, 3.05) is 14.2 Å². The van der Waals surface area contributed by atoms with Gasteiger partial charge in [0.1, 0.15) is 5.75 Å². The van der Waals surface area contributed by atoms with Crippen LogP contribution in [-0.2, 0) is 0 Å². The van der Waals surface area contributed by atoms with Crippen LogP contribution in [-0.4, -0.2) is 25.5 Å². The van der Waals surface area contributed by atoms with Gasteiger partial charge in [0.2, 0.25) is 5.75 Å². The maximum atomic E-state index is 10.7. The molecule has 0 aliphatic rings. The average Bonchev–Trinajstić information content (AvgIpc) is 2.47. The number of methoxy groups -OCH3 is 2. The second kappa shape index (κ2) is 5.86. The van der Waals surface area contributed by atoms with Crippen molar-refractivity contribution < 1.29 is 19.0 Å². The summed E-state index contributed by atoms with van der Waals surface area (Å²) in [5.74, 6) is 1.96. The summed E-state index contributed by atoms with van der Waals surface area (Å²) >= 11 is 0. The SMILES string of the molecule is COc1cccc(OC)c1Oc1cncc(C=O)c1. The van der Waals surface area contributed by atoms with Crippen molar-refractivity contribution in [2.45, 2.75) is 0 Å². The Hall–Kier alpha value is -2.56. The van der Waals surface area contributed by atoms with E-state index in [1.807, 2.05) is 0 Å². The van der Waals surface area contributed by atoms with Crippen LogP contribution in [0.25, 0.3) is 0 Å². The molecule has 0 atom stereocenters. The molecule has 5 nitrogen and oxygen atoms in total. The molecule has 1 aromatic carbocycles. The molecule has 0 aliphatic heterocycles. The molecule has 1 aromatic heterocycles. The predicted octanol–water partition coefficient (Wildman–Crippen LogP) is 2.70. The lowest BCUT2D eigenvalue weighted by molar-refractivity contribution is 0.112. The molecule has 0 unspecified atom stereocenters. The Kier molecular flexibility index (Phi) is 3.97. The van der Waals surface area contributed by atoms with Gasteiger partial charge in [0.15, 0.2) is 17.8 Å². The summed E-state index contributed by atoms with van der Waals surface area (Å²) in [7, 11) is 3.09. The van der Waals surface area contributed by atoms with E-state index in [0.29, 0.717) is 34.8 Å². The number of hydrogen-bond donors (Lipinski definition) is 0. The first-order chi connectivity index (χ1) is 9.28. The molecule has 19 heavy (non-hydrogen) atoms. The van der Waals surface area contributed by atoms with Crippen LogP contribution in [0.3, 0.4) is 0 Å². The zero-order valence-corrected chi connectivity index (χ0v) is 10.6. The number of benzene rings is 1. The molecular weight excluding hydrogens is 246 g/mol. The van der Waals surface area contributed by atoms with Crippen LogP contribution in [0.4, 0.5) is 0 Å². The van der Waals surface area contributed by atoms with Gasteiger partial charge in [0.25, 0.3) is 0 Å². The molecule has 2 rings (SSSR count). The lowest BCUT2D eigenvalue weighted by Crippen LogP contribution is -1.95. The first-order valence-corrected chi connectivity index (χ1v) is 5.57. The number of aromatic nitrogens is 1. The molecule has 0 N–H and O–H groups in total. The minimum atomic E-state index is 0.436. The molecule has 0 bridgehead atoms. The van der Waals surface area contributed by atoms with Crippen LogP contribution < -0.4 is 14.2 Å². The number of ether oxygens (including phenoxy) is 3. The van der Waals surface area contributed by atoms with Crippen LogP contribution >= 0.6 is 0 Å². The Morgan fingerprint density at radius 1 is 1.11 bits per heavy atom. The first-order valence-electron chi connectivity index (χ1n) is 5.57. The van der Waals surface area contributed by atoms with Gasteiger partial charge < -0.3 is 14.2 Å². The van der Waals surface area contributed by atoms with Crippen LogP contribution in [0.15, 0.2) is 36.7 Å². The predicted molar refractivity (Wildman–Crippen MR) is 69.2 cm³/mol. The highest BCUT2D eigenvalue weighted by Gasteiger charge is 2.12. The fourth-order valence-corrected chi connectivity index (χ4v) is 1.59. The Morgan fingerprint density at radius 3 is 2.37 bits per heavy atom. The standard InChI is InChI=1S/C14H13NO4/c1-17-12-4-3-5-13(18-2)14(12)19-11-6-10(9-16)7-15-8-11/h3-9H,1-2H3. The summed E-state index contributed by atoms with van der Waals surface area (Å²) < 4.78 is 16.1. The fraction of sp³-hybridized carbons (Fsp3) is 0.143. The molecule has 5 heteroatoms. The van der Waals surface area contributed by atoms with Gasteiger partial charge in [-0.3, -0.25) is 9.78 Å².